The summed E-state index contributed by atoms with van der Waals surface area (Å²) in [4.78, 5) is 15.1. The summed E-state index contributed by atoms with van der Waals surface area (Å²) < 4.78 is 1.67. The summed E-state index contributed by atoms with van der Waals surface area (Å²) in [5, 5.41) is 24.3. The van der Waals surface area contributed by atoms with E-state index in [-0.39, 0.29) is 5.69 Å². The van der Waals surface area contributed by atoms with Crippen LogP contribution in [0.3, 0.4) is 0 Å². The van der Waals surface area contributed by atoms with E-state index in [0.29, 0.717) is 10.8 Å². The van der Waals surface area contributed by atoms with Crippen molar-refractivity contribution in [3.8, 4) is 11.4 Å². The number of nitrogens with zero attached hydrogens (tertiary/aromatic N) is 6. The Balaban J connectivity index is 1.66. The number of pyridine rings is 1. The van der Waals surface area contributed by atoms with Crippen LogP contribution < -0.4 is 0 Å². The lowest BCUT2D eigenvalue weighted by Crippen LogP contribution is -1.90. The molecule has 8 nitrogen and oxygen atoms in total. The summed E-state index contributed by atoms with van der Waals surface area (Å²) in [7, 11) is 0. The highest BCUT2D eigenvalue weighted by atomic mass is 32.1. The molecule has 0 bridgehead atoms. The molecule has 0 radical (unpaired) electrons. The molecule has 0 unspecified atom stereocenters. The molecule has 0 N–H and O–H groups in total. The van der Waals surface area contributed by atoms with E-state index in [1.807, 2.05) is 12.1 Å². The van der Waals surface area contributed by atoms with Gasteiger partial charge in [0.15, 0.2) is 5.82 Å². The van der Waals surface area contributed by atoms with E-state index in [9.17, 15) is 10.1 Å². The molecule has 9 heteroatoms. The standard InChI is InChI=1S/C16H10N6O2S/c23-22(24)13-3-1-2-11(10-13)4-5-14-20-21-15(18-19-16(21)25-14)12-6-8-17-9-7-12/h1-10H. The average Bonchev–Trinajstić information content (AvgIpc) is 3.21. The Labute approximate surface area is 145 Å². The van der Waals surface area contributed by atoms with Gasteiger partial charge in [-0.2, -0.15) is 9.61 Å². The number of hydrogen-bond donors (Lipinski definition) is 0. The smallest absolute Gasteiger partial charge is 0.265 e. The zero-order valence-electron chi connectivity index (χ0n) is 12.7. The predicted octanol–water partition coefficient (Wildman–Crippen LogP) is 3.33. The minimum Gasteiger partial charge on any atom is -0.265 e. The predicted molar refractivity (Wildman–Crippen MR) is 93.9 cm³/mol. The number of benzene rings is 1. The average molecular weight is 350 g/mol. The third-order valence-electron chi connectivity index (χ3n) is 3.44. The van der Waals surface area contributed by atoms with Crippen molar-refractivity contribution in [2.45, 2.75) is 0 Å². The van der Waals surface area contributed by atoms with Gasteiger partial charge in [-0.25, -0.2) is 0 Å². The van der Waals surface area contributed by atoms with E-state index in [0.717, 1.165) is 16.1 Å². The third-order valence-corrected chi connectivity index (χ3v) is 4.31. The summed E-state index contributed by atoms with van der Waals surface area (Å²) in [5.41, 5.74) is 1.66. The summed E-state index contributed by atoms with van der Waals surface area (Å²) in [6, 6.07) is 10.1. The topological polar surface area (TPSA) is 99.1 Å². The second-order valence-electron chi connectivity index (χ2n) is 5.08. The molecule has 0 saturated carbocycles. The number of rotatable bonds is 4. The normalized spacial score (nSPS) is 11.4. The van der Waals surface area contributed by atoms with Gasteiger partial charge in [-0.3, -0.25) is 15.1 Å². The van der Waals surface area contributed by atoms with Gasteiger partial charge >= 0.3 is 0 Å². The first-order valence-corrected chi connectivity index (χ1v) is 8.07. The molecule has 0 aliphatic carbocycles. The van der Waals surface area contributed by atoms with Crippen molar-refractivity contribution in [2.24, 2.45) is 0 Å². The number of hydrogen-bond acceptors (Lipinski definition) is 7. The quantitative estimate of drug-likeness (QED) is 0.413. The molecular weight excluding hydrogens is 340 g/mol. The fourth-order valence-corrected chi connectivity index (χ4v) is 3.03. The SMILES string of the molecule is O=[N+]([O-])c1cccc(C=Cc2nn3c(-c4ccncc4)nnc3s2)c1. The highest BCUT2D eigenvalue weighted by Crippen LogP contribution is 2.22. The number of fused-ring (bicyclic) bond motifs is 1. The van der Waals surface area contributed by atoms with E-state index in [1.54, 1.807) is 41.2 Å². The van der Waals surface area contributed by atoms with Crippen LogP contribution in [-0.2, 0) is 0 Å². The van der Waals surface area contributed by atoms with E-state index in [1.165, 1.54) is 23.5 Å². The van der Waals surface area contributed by atoms with Crippen LogP contribution in [0.15, 0.2) is 48.8 Å². The van der Waals surface area contributed by atoms with Crippen LogP contribution in [0.2, 0.25) is 0 Å². The minimum absolute atomic E-state index is 0.0558. The number of aromatic nitrogens is 5. The lowest BCUT2D eigenvalue weighted by molar-refractivity contribution is -0.384. The monoisotopic (exact) mass is 350 g/mol. The molecule has 3 aromatic heterocycles. The summed E-state index contributed by atoms with van der Waals surface area (Å²) >= 11 is 1.38. The molecule has 25 heavy (non-hydrogen) atoms. The molecule has 3 heterocycles. The molecule has 0 fully saturated rings. The van der Waals surface area contributed by atoms with Gasteiger partial charge in [0.05, 0.1) is 4.92 Å². The van der Waals surface area contributed by atoms with Gasteiger partial charge in [0.25, 0.3) is 5.69 Å². The Kier molecular flexibility index (Phi) is 3.75. The van der Waals surface area contributed by atoms with Gasteiger partial charge in [-0.05, 0) is 23.8 Å². The number of nitro benzene ring substituents is 1. The Morgan fingerprint density at radius 2 is 1.96 bits per heavy atom. The van der Waals surface area contributed by atoms with Crippen molar-refractivity contribution in [1.29, 1.82) is 0 Å². The Bertz CT molecular complexity index is 1090. The largest absolute Gasteiger partial charge is 0.270 e. The van der Waals surface area contributed by atoms with Gasteiger partial charge in [-0.15, -0.1) is 10.2 Å². The van der Waals surface area contributed by atoms with E-state index < -0.39 is 4.92 Å². The molecule has 4 rings (SSSR count). The molecule has 0 aliphatic rings. The third kappa shape index (κ3) is 3.00. The van der Waals surface area contributed by atoms with Gasteiger partial charge in [0.2, 0.25) is 4.96 Å². The zero-order valence-corrected chi connectivity index (χ0v) is 13.5. The maximum atomic E-state index is 10.8. The van der Waals surface area contributed by atoms with Crippen LogP contribution >= 0.6 is 11.3 Å². The highest BCUT2D eigenvalue weighted by molar-refractivity contribution is 7.17. The Morgan fingerprint density at radius 1 is 1.12 bits per heavy atom. The fourth-order valence-electron chi connectivity index (χ4n) is 2.29. The summed E-state index contributed by atoms with van der Waals surface area (Å²) in [5.74, 6) is 0.642. The van der Waals surface area contributed by atoms with Crippen molar-refractivity contribution in [3.05, 3.63) is 69.5 Å². The van der Waals surface area contributed by atoms with Crippen molar-refractivity contribution >= 4 is 34.1 Å². The van der Waals surface area contributed by atoms with Gasteiger partial charge in [-0.1, -0.05) is 29.5 Å². The van der Waals surface area contributed by atoms with Crippen LogP contribution in [0.1, 0.15) is 10.6 Å². The molecule has 0 saturated heterocycles. The van der Waals surface area contributed by atoms with Crippen molar-refractivity contribution in [3.63, 3.8) is 0 Å². The minimum atomic E-state index is -0.415. The van der Waals surface area contributed by atoms with Gasteiger partial charge in [0, 0.05) is 30.1 Å². The lowest BCUT2D eigenvalue weighted by Gasteiger charge is -1.94. The van der Waals surface area contributed by atoms with E-state index >= 15 is 0 Å². The molecule has 122 valence electrons. The van der Waals surface area contributed by atoms with Crippen LogP contribution in [0.25, 0.3) is 28.5 Å². The molecule has 1 aromatic carbocycles. The highest BCUT2D eigenvalue weighted by Gasteiger charge is 2.12. The fraction of sp³-hybridized carbons (Fsp3) is 0. The van der Waals surface area contributed by atoms with Crippen molar-refractivity contribution in [1.82, 2.24) is 24.8 Å². The molecule has 0 atom stereocenters. The van der Waals surface area contributed by atoms with Crippen molar-refractivity contribution < 1.29 is 4.92 Å². The Hall–Kier alpha value is -3.46. The first kappa shape index (κ1) is 15.1. The van der Waals surface area contributed by atoms with Gasteiger partial charge < -0.3 is 0 Å². The molecule has 4 aromatic rings. The second-order valence-corrected chi connectivity index (χ2v) is 6.07. The molecule has 0 aliphatic heterocycles. The molecule has 0 amide bonds. The maximum Gasteiger partial charge on any atom is 0.270 e. The van der Waals surface area contributed by atoms with Crippen LogP contribution in [0, 0.1) is 10.1 Å². The summed E-state index contributed by atoms with van der Waals surface area (Å²) in [6.07, 6.45) is 6.96. The lowest BCUT2D eigenvalue weighted by atomic mass is 10.2. The Morgan fingerprint density at radius 3 is 2.76 bits per heavy atom. The summed E-state index contributed by atoms with van der Waals surface area (Å²) in [6.45, 7) is 0. The first-order valence-electron chi connectivity index (χ1n) is 7.26. The molecular formula is C16H10N6O2S. The van der Waals surface area contributed by atoms with Crippen molar-refractivity contribution in [2.75, 3.05) is 0 Å². The maximum absolute atomic E-state index is 10.8. The van der Waals surface area contributed by atoms with E-state index in [2.05, 4.69) is 20.3 Å². The second kappa shape index (κ2) is 6.21. The van der Waals surface area contributed by atoms with Crippen LogP contribution in [-0.4, -0.2) is 29.7 Å². The zero-order chi connectivity index (χ0) is 17.2. The number of nitro groups is 1. The molecule has 0 spiro atoms. The number of non-ortho nitro benzene ring substituents is 1. The van der Waals surface area contributed by atoms with Crippen LogP contribution in [0.5, 0.6) is 0 Å². The van der Waals surface area contributed by atoms with Gasteiger partial charge in [0.1, 0.15) is 5.01 Å². The van der Waals surface area contributed by atoms with Crippen LogP contribution in [0.4, 0.5) is 5.69 Å². The van der Waals surface area contributed by atoms with E-state index in [4.69, 9.17) is 0 Å². The first-order chi connectivity index (χ1) is 12.2.